The average molecular weight is 253 g/mol. The highest BCUT2D eigenvalue weighted by molar-refractivity contribution is 5.91. The molecule has 1 aromatic heterocycles. The third-order valence-electron chi connectivity index (χ3n) is 2.94. The van der Waals surface area contributed by atoms with Crippen LogP contribution in [-0.4, -0.2) is 37.0 Å². The molecule has 0 bridgehead atoms. The number of furan rings is 1. The lowest BCUT2D eigenvalue weighted by molar-refractivity contribution is 0.0922. The van der Waals surface area contributed by atoms with Crippen molar-refractivity contribution in [2.45, 2.75) is 32.9 Å². The van der Waals surface area contributed by atoms with Crippen molar-refractivity contribution in [1.29, 1.82) is 0 Å². The molecule has 1 rings (SSSR count). The summed E-state index contributed by atoms with van der Waals surface area (Å²) in [5.74, 6) is 0.772. The predicted octanol–water partition coefficient (Wildman–Crippen LogP) is 1.20. The molecule has 0 saturated carbocycles. The molecular formula is C13H23N3O2. The Morgan fingerprint density at radius 1 is 1.50 bits per heavy atom. The van der Waals surface area contributed by atoms with Crippen LogP contribution in [0.15, 0.2) is 16.5 Å². The molecule has 0 saturated heterocycles. The maximum absolute atomic E-state index is 11.7. The lowest BCUT2D eigenvalue weighted by Crippen LogP contribution is -2.31. The Bertz CT molecular complexity index is 374. The van der Waals surface area contributed by atoms with Crippen LogP contribution in [0, 0.1) is 0 Å². The van der Waals surface area contributed by atoms with Crippen molar-refractivity contribution in [3.63, 3.8) is 0 Å². The molecule has 5 heteroatoms. The van der Waals surface area contributed by atoms with E-state index in [1.165, 1.54) is 0 Å². The predicted molar refractivity (Wildman–Crippen MR) is 71.3 cm³/mol. The second kappa shape index (κ2) is 7.18. The number of carbonyl (C=O) groups excluding carboxylic acids is 1. The highest BCUT2D eigenvalue weighted by atomic mass is 16.4. The molecule has 0 aliphatic rings. The van der Waals surface area contributed by atoms with Crippen molar-refractivity contribution in [2.75, 3.05) is 20.1 Å². The highest BCUT2D eigenvalue weighted by Gasteiger charge is 2.10. The molecule has 1 amide bonds. The van der Waals surface area contributed by atoms with Gasteiger partial charge in [-0.15, -0.1) is 0 Å². The number of carbonyl (C=O) groups is 1. The van der Waals surface area contributed by atoms with Gasteiger partial charge in [-0.2, -0.15) is 0 Å². The second-order valence-electron chi connectivity index (χ2n) is 4.65. The number of nitrogens with one attached hydrogen (secondary N) is 1. The summed E-state index contributed by atoms with van der Waals surface area (Å²) in [5.41, 5.74) is 5.42. The number of hydrogen-bond acceptors (Lipinski definition) is 4. The van der Waals surface area contributed by atoms with E-state index in [0.717, 1.165) is 13.0 Å². The second-order valence-corrected chi connectivity index (χ2v) is 4.65. The van der Waals surface area contributed by atoms with E-state index in [1.54, 1.807) is 12.1 Å². The van der Waals surface area contributed by atoms with E-state index >= 15 is 0 Å². The van der Waals surface area contributed by atoms with Crippen LogP contribution in [0.5, 0.6) is 0 Å². The smallest absolute Gasteiger partial charge is 0.286 e. The largest absolute Gasteiger partial charge is 0.455 e. The van der Waals surface area contributed by atoms with Crippen LogP contribution >= 0.6 is 0 Å². The molecular weight excluding hydrogens is 230 g/mol. The lowest BCUT2D eigenvalue weighted by atomic mass is 10.3. The molecule has 0 radical (unpaired) electrons. The zero-order chi connectivity index (χ0) is 13.5. The first-order chi connectivity index (χ1) is 8.54. The van der Waals surface area contributed by atoms with Gasteiger partial charge in [0, 0.05) is 12.6 Å². The first kappa shape index (κ1) is 14.7. The molecule has 0 unspecified atom stereocenters. The van der Waals surface area contributed by atoms with Gasteiger partial charge in [-0.3, -0.25) is 4.79 Å². The quantitative estimate of drug-likeness (QED) is 0.716. The van der Waals surface area contributed by atoms with E-state index in [0.29, 0.717) is 30.7 Å². The summed E-state index contributed by atoms with van der Waals surface area (Å²) in [4.78, 5) is 13.9. The fourth-order valence-electron chi connectivity index (χ4n) is 1.49. The molecule has 0 aliphatic heterocycles. The molecule has 0 spiro atoms. The summed E-state index contributed by atoms with van der Waals surface area (Å²) in [5, 5.41) is 2.83. The van der Waals surface area contributed by atoms with Gasteiger partial charge in [-0.25, -0.2) is 0 Å². The zero-order valence-corrected chi connectivity index (χ0v) is 11.4. The molecule has 0 aromatic carbocycles. The molecule has 1 aromatic rings. The third-order valence-corrected chi connectivity index (χ3v) is 2.94. The fourth-order valence-corrected chi connectivity index (χ4v) is 1.49. The normalized spacial score (nSPS) is 11.2. The molecule has 0 aliphatic carbocycles. The Morgan fingerprint density at radius 2 is 2.22 bits per heavy atom. The topological polar surface area (TPSA) is 71.5 Å². The molecule has 102 valence electrons. The van der Waals surface area contributed by atoms with Crippen molar-refractivity contribution in [3.05, 3.63) is 23.7 Å². The zero-order valence-electron chi connectivity index (χ0n) is 11.4. The number of hydrogen-bond donors (Lipinski definition) is 2. The van der Waals surface area contributed by atoms with Gasteiger partial charge in [0.1, 0.15) is 5.76 Å². The summed E-state index contributed by atoms with van der Waals surface area (Å²) in [6, 6.07) is 3.90. The number of nitrogens with two attached hydrogens (primary N) is 1. The van der Waals surface area contributed by atoms with Crippen molar-refractivity contribution < 1.29 is 9.21 Å². The Labute approximate surface area is 108 Å². The molecule has 3 N–H and O–H groups in total. The molecule has 0 atom stereocenters. The Balaban J connectivity index is 2.25. The maximum Gasteiger partial charge on any atom is 0.286 e. The van der Waals surface area contributed by atoms with E-state index in [1.807, 2.05) is 0 Å². The maximum atomic E-state index is 11.7. The van der Waals surface area contributed by atoms with Gasteiger partial charge < -0.3 is 20.4 Å². The van der Waals surface area contributed by atoms with Crippen LogP contribution in [0.3, 0.4) is 0 Å². The van der Waals surface area contributed by atoms with Gasteiger partial charge in [0.05, 0.1) is 6.54 Å². The van der Waals surface area contributed by atoms with E-state index < -0.39 is 0 Å². The molecule has 18 heavy (non-hydrogen) atoms. The Kier molecular flexibility index (Phi) is 5.88. The van der Waals surface area contributed by atoms with Crippen LogP contribution in [0.1, 0.15) is 36.6 Å². The average Bonchev–Trinajstić information content (AvgIpc) is 2.82. The standard InChI is InChI=1S/C13H23N3O2/c1-10(2)16(3)8-4-7-15-13(17)12-6-5-11(9-14)18-12/h5-6,10H,4,7-9,14H2,1-3H3,(H,15,17). The SMILES string of the molecule is CC(C)N(C)CCCNC(=O)c1ccc(CN)o1. The Morgan fingerprint density at radius 3 is 2.78 bits per heavy atom. The van der Waals surface area contributed by atoms with Crippen molar-refractivity contribution in [1.82, 2.24) is 10.2 Å². The fraction of sp³-hybridized carbons (Fsp3) is 0.615. The molecule has 0 fully saturated rings. The number of amides is 1. The van der Waals surface area contributed by atoms with Gasteiger partial charge >= 0.3 is 0 Å². The number of nitrogens with zero attached hydrogens (tertiary/aromatic N) is 1. The van der Waals surface area contributed by atoms with E-state index in [-0.39, 0.29) is 5.91 Å². The van der Waals surface area contributed by atoms with Crippen molar-refractivity contribution >= 4 is 5.91 Å². The summed E-state index contributed by atoms with van der Waals surface area (Å²) in [6.45, 7) is 6.22. The Hall–Kier alpha value is -1.33. The van der Waals surface area contributed by atoms with Gasteiger partial charge in [0.2, 0.25) is 0 Å². The summed E-state index contributed by atoms with van der Waals surface area (Å²) >= 11 is 0. The minimum absolute atomic E-state index is 0.179. The van der Waals surface area contributed by atoms with Gasteiger partial charge in [-0.05, 0) is 46.0 Å². The molecule has 5 nitrogen and oxygen atoms in total. The first-order valence-electron chi connectivity index (χ1n) is 6.31. The van der Waals surface area contributed by atoms with Gasteiger partial charge in [-0.1, -0.05) is 0 Å². The van der Waals surface area contributed by atoms with E-state index in [2.05, 4.69) is 31.1 Å². The monoisotopic (exact) mass is 253 g/mol. The summed E-state index contributed by atoms with van der Waals surface area (Å²) < 4.78 is 5.26. The lowest BCUT2D eigenvalue weighted by Gasteiger charge is -2.20. The van der Waals surface area contributed by atoms with Crippen LogP contribution in [0.25, 0.3) is 0 Å². The van der Waals surface area contributed by atoms with Gasteiger partial charge in [0.15, 0.2) is 5.76 Å². The minimum atomic E-state index is -0.179. The van der Waals surface area contributed by atoms with E-state index in [9.17, 15) is 4.79 Å². The van der Waals surface area contributed by atoms with Gasteiger partial charge in [0.25, 0.3) is 5.91 Å². The van der Waals surface area contributed by atoms with Crippen molar-refractivity contribution in [2.24, 2.45) is 5.73 Å². The van der Waals surface area contributed by atoms with E-state index in [4.69, 9.17) is 10.2 Å². The van der Waals surface area contributed by atoms with Crippen molar-refractivity contribution in [3.8, 4) is 0 Å². The number of rotatable bonds is 7. The van der Waals surface area contributed by atoms with Crippen LogP contribution in [0.4, 0.5) is 0 Å². The highest BCUT2D eigenvalue weighted by Crippen LogP contribution is 2.06. The first-order valence-corrected chi connectivity index (χ1v) is 6.31. The minimum Gasteiger partial charge on any atom is -0.455 e. The van der Waals surface area contributed by atoms with Crippen LogP contribution in [-0.2, 0) is 6.54 Å². The summed E-state index contributed by atoms with van der Waals surface area (Å²) in [6.07, 6.45) is 0.922. The van der Waals surface area contributed by atoms with Crippen LogP contribution in [0.2, 0.25) is 0 Å². The van der Waals surface area contributed by atoms with Crippen LogP contribution < -0.4 is 11.1 Å². The third kappa shape index (κ3) is 4.50. The summed E-state index contributed by atoms with van der Waals surface area (Å²) in [7, 11) is 2.08. The molecule has 1 heterocycles.